The molecule has 0 amide bonds. The van der Waals surface area contributed by atoms with Crippen LogP contribution in [0, 0.1) is 5.92 Å². The molecule has 0 bridgehead atoms. The minimum Gasteiger partial charge on any atom is -0.492 e. The molecule has 2 fully saturated rings. The lowest BCUT2D eigenvalue weighted by Crippen LogP contribution is -2.34. The zero-order valence-corrected chi connectivity index (χ0v) is 19.2. The molecule has 1 aliphatic carbocycles. The van der Waals surface area contributed by atoms with Crippen LogP contribution < -0.4 is 15.8 Å². The summed E-state index contributed by atoms with van der Waals surface area (Å²) in [6.07, 6.45) is 3.89. The van der Waals surface area contributed by atoms with E-state index in [0.29, 0.717) is 17.2 Å². The second-order valence-electron chi connectivity index (χ2n) is 8.95. The first kappa shape index (κ1) is 21.5. The highest BCUT2D eigenvalue weighted by molar-refractivity contribution is 8.00. The van der Waals surface area contributed by atoms with E-state index >= 15 is 0 Å². The van der Waals surface area contributed by atoms with Gasteiger partial charge in [-0.15, -0.1) is 11.8 Å². The van der Waals surface area contributed by atoms with Crippen molar-refractivity contribution >= 4 is 45.3 Å². The number of nitrogen functional groups attached to an aromatic ring is 1. The summed E-state index contributed by atoms with van der Waals surface area (Å²) in [6, 6.07) is 11.7. The van der Waals surface area contributed by atoms with Gasteiger partial charge in [0.1, 0.15) is 47.4 Å². The van der Waals surface area contributed by atoms with E-state index in [1.165, 1.54) is 30.9 Å². The molecule has 9 nitrogen and oxygen atoms in total. The van der Waals surface area contributed by atoms with Gasteiger partial charge in [0.15, 0.2) is 0 Å². The number of aliphatic hydroxyl groups is 2. The van der Waals surface area contributed by atoms with E-state index in [0.717, 1.165) is 34.6 Å². The van der Waals surface area contributed by atoms with Gasteiger partial charge in [0.2, 0.25) is 0 Å². The molecule has 4 atom stereocenters. The van der Waals surface area contributed by atoms with Crippen molar-refractivity contribution in [1.29, 1.82) is 0 Å². The predicted octanol–water partition coefficient (Wildman–Crippen LogP) is 2.80. The lowest BCUT2D eigenvalue weighted by molar-refractivity contribution is 0.0128. The number of aliphatic hydroxyl groups excluding tert-OH is 2. The van der Waals surface area contributed by atoms with E-state index in [1.807, 2.05) is 41.1 Å². The SMILES string of the molecule is Nc1ncnc2c1ccn2[C@@H]1S[C@H](COc2ccc3ccc(NCC4CC4)nc3c2)[C@@H](O)[C@H]1O. The molecular formula is C24H26N6O3S. The largest absolute Gasteiger partial charge is 0.492 e. The maximum Gasteiger partial charge on any atom is 0.146 e. The number of nitrogens with zero attached hydrogens (tertiary/aromatic N) is 4. The third-order valence-electron chi connectivity index (χ3n) is 6.50. The molecule has 6 rings (SSSR count). The standard InChI is InChI=1S/C24H26N6O3S/c25-22-16-7-8-30(23(16)28-12-27-22)24-21(32)20(31)18(34-24)11-33-15-5-3-14-4-6-19(29-17(14)9-15)26-10-13-1-2-13/h3-9,12-13,18,20-21,24,31-32H,1-2,10-11H2,(H,26,29)(H2,25,27,28)/t18-,20-,21-,24-/m1/s1. The number of ether oxygens (including phenoxy) is 1. The highest BCUT2D eigenvalue weighted by Gasteiger charge is 2.44. The number of thioether (sulfide) groups is 1. The van der Waals surface area contributed by atoms with Crippen LogP contribution in [0.25, 0.3) is 21.9 Å². The average Bonchev–Trinajstić information content (AvgIpc) is 3.52. The molecule has 0 radical (unpaired) electrons. The Morgan fingerprint density at radius 3 is 2.82 bits per heavy atom. The van der Waals surface area contributed by atoms with Gasteiger partial charge in [-0.05, 0) is 49.1 Å². The average molecular weight is 479 g/mol. The van der Waals surface area contributed by atoms with Gasteiger partial charge in [-0.25, -0.2) is 15.0 Å². The number of nitrogens with one attached hydrogen (secondary N) is 1. The molecule has 0 unspecified atom stereocenters. The van der Waals surface area contributed by atoms with Crippen molar-refractivity contribution in [3.05, 3.63) is 48.9 Å². The Hall–Kier alpha value is -3.08. The molecule has 4 heterocycles. The first-order valence-corrected chi connectivity index (χ1v) is 12.4. The summed E-state index contributed by atoms with van der Waals surface area (Å²) >= 11 is 1.46. The molecule has 2 aliphatic rings. The third kappa shape index (κ3) is 4.02. The van der Waals surface area contributed by atoms with E-state index < -0.39 is 17.6 Å². The minimum absolute atomic E-state index is 0.251. The van der Waals surface area contributed by atoms with Gasteiger partial charge in [0.25, 0.3) is 0 Å². The van der Waals surface area contributed by atoms with Crippen LogP contribution in [0.4, 0.5) is 11.6 Å². The van der Waals surface area contributed by atoms with Gasteiger partial charge in [-0.2, -0.15) is 0 Å². The van der Waals surface area contributed by atoms with Gasteiger partial charge in [0, 0.05) is 24.2 Å². The number of hydrogen-bond acceptors (Lipinski definition) is 9. The van der Waals surface area contributed by atoms with Gasteiger partial charge in [0.05, 0.1) is 22.3 Å². The Balaban J connectivity index is 1.15. The highest BCUT2D eigenvalue weighted by atomic mass is 32.2. The maximum atomic E-state index is 10.8. The lowest BCUT2D eigenvalue weighted by Gasteiger charge is -2.17. The van der Waals surface area contributed by atoms with E-state index in [4.69, 9.17) is 15.5 Å². The Bertz CT molecular complexity index is 1340. The van der Waals surface area contributed by atoms with Crippen molar-refractivity contribution in [2.45, 2.75) is 35.7 Å². The summed E-state index contributed by atoms with van der Waals surface area (Å²) in [5.41, 5.74) is 7.42. The van der Waals surface area contributed by atoms with Crippen LogP contribution in [0.2, 0.25) is 0 Å². The maximum absolute atomic E-state index is 10.8. The zero-order chi connectivity index (χ0) is 23.2. The van der Waals surface area contributed by atoms with E-state index in [1.54, 1.807) is 0 Å². The van der Waals surface area contributed by atoms with Crippen molar-refractivity contribution < 1.29 is 14.9 Å². The molecule has 1 saturated heterocycles. The van der Waals surface area contributed by atoms with Crippen LogP contribution in [-0.4, -0.2) is 60.3 Å². The number of benzene rings is 1. The lowest BCUT2D eigenvalue weighted by atomic mass is 10.1. The molecule has 5 N–H and O–H groups in total. The van der Waals surface area contributed by atoms with Crippen LogP contribution in [-0.2, 0) is 0 Å². The van der Waals surface area contributed by atoms with Crippen molar-refractivity contribution in [3.63, 3.8) is 0 Å². The minimum atomic E-state index is -0.969. The van der Waals surface area contributed by atoms with Crippen molar-refractivity contribution in [2.24, 2.45) is 5.92 Å². The molecular weight excluding hydrogens is 452 g/mol. The summed E-state index contributed by atoms with van der Waals surface area (Å²) in [4.78, 5) is 13.0. The predicted molar refractivity (Wildman–Crippen MR) is 133 cm³/mol. The number of anilines is 2. The van der Waals surface area contributed by atoms with Crippen LogP contribution in [0.3, 0.4) is 0 Å². The monoisotopic (exact) mass is 478 g/mol. The number of hydrogen-bond donors (Lipinski definition) is 4. The Kier molecular flexibility index (Phi) is 5.43. The molecule has 176 valence electrons. The van der Waals surface area contributed by atoms with Gasteiger partial charge in [-0.3, -0.25) is 0 Å². The Morgan fingerprint density at radius 1 is 1.12 bits per heavy atom. The second-order valence-corrected chi connectivity index (χ2v) is 10.3. The summed E-state index contributed by atoms with van der Waals surface area (Å²) in [5, 5.41) is 25.9. The number of rotatable bonds is 7. The fraction of sp³-hybridized carbons (Fsp3) is 0.375. The molecule has 3 aromatic heterocycles. The Labute approximate surface area is 200 Å². The van der Waals surface area contributed by atoms with Crippen molar-refractivity contribution in [3.8, 4) is 5.75 Å². The number of pyridine rings is 1. The van der Waals surface area contributed by atoms with Crippen LogP contribution >= 0.6 is 11.8 Å². The van der Waals surface area contributed by atoms with Crippen molar-refractivity contribution in [1.82, 2.24) is 19.5 Å². The van der Waals surface area contributed by atoms with Crippen LogP contribution in [0.5, 0.6) is 5.75 Å². The van der Waals surface area contributed by atoms with Gasteiger partial charge in [-0.1, -0.05) is 0 Å². The molecule has 34 heavy (non-hydrogen) atoms. The topological polar surface area (TPSA) is 131 Å². The quantitative estimate of drug-likeness (QED) is 0.317. The molecule has 1 aromatic carbocycles. The summed E-state index contributed by atoms with van der Waals surface area (Å²) in [6.45, 7) is 1.21. The summed E-state index contributed by atoms with van der Waals surface area (Å²) < 4.78 is 7.87. The second kappa shape index (κ2) is 8.61. The van der Waals surface area contributed by atoms with Crippen LogP contribution in [0.1, 0.15) is 18.2 Å². The molecule has 4 aromatic rings. The van der Waals surface area contributed by atoms with E-state index in [9.17, 15) is 10.2 Å². The van der Waals surface area contributed by atoms with E-state index in [2.05, 4.69) is 21.4 Å². The fourth-order valence-electron chi connectivity index (χ4n) is 4.33. The van der Waals surface area contributed by atoms with Gasteiger partial charge < -0.3 is 30.6 Å². The normalized spacial score (nSPS) is 24.6. The molecule has 1 aliphatic heterocycles. The number of nitrogens with two attached hydrogens (primary N) is 1. The fourth-order valence-corrected chi connectivity index (χ4v) is 5.78. The summed E-state index contributed by atoms with van der Waals surface area (Å²) in [7, 11) is 0. The Morgan fingerprint density at radius 2 is 1.97 bits per heavy atom. The van der Waals surface area contributed by atoms with Crippen LogP contribution in [0.15, 0.2) is 48.9 Å². The number of aromatic nitrogens is 4. The smallest absolute Gasteiger partial charge is 0.146 e. The highest BCUT2D eigenvalue weighted by Crippen LogP contribution is 2.43. The molecule has 1 saturated carbocycles. The third-order valence-corrected chi connectivity index (χ3v) is 8.05. The zero-order valence-electron chi connectivity index (χ0n) is 18.4. The first-order valence-electron chi connectivity index (χ1n) is 11.4. The first-order chi connectivity index (χ1) is 16.6. The van der Waals surface area contributed by atoms with Gasteiger partial charge >= 0.3 is 0 Å². The molecule has 0 spiro atoms. The summed E-state index contributed by atoms with van der Waals surface area (Å²) in [5.74, 6) is 2.71. The van der Waals surface area contributed by atoms with E-state index in [-0.39, 0.29) is 11.9 Å². The van der Waals surface area contributed by atoms with Crippen molar-refractivity contribution in [2.75, 3.05) is 24.2 Å². The molecule has 10 heteroatoms. The number of fused-ring (bicyclic) bond motifs is 2.